The first kappa shape index (κ1) is 19.3. The maximum absolute atomic E-state index is 12.7. The predicted molar refractivity (Wildman–Crippen MR) is 103 cm³/mol. The summed E-state index contributed by atoms with van der Waals surface area (Å²) in [5, 5.41) is 3.22. The van der Waals surface area contributed by atoms with Gasteiger partial charge in [-0.3, -0.25) is 4.79 Å². The molecule has 2 atom stereocenters. The lowest BCUT2D eigenvalue weighted by atomic mass is 9.85. The Morgan fingerprint density at radius 1 is 1.20 bits per heavy atom. The highest BCUT2D eigenvalue weighted by atomic mass is 79.9. The Hall–Kier alpha value is -0.440. The molecule has 8 heteroatoms. The van der Waals surface area contributed by atoms with Crippen molar-refractivity contribution in [3.8, 4) is 0 Å². The second-order valence-electron chi connectivity index (χ2n) is 7.11. The molecule has 2 heterocycles. The topological polar surface area (TPSA) is 66.5 Å². The fourth-order valence-corrected chi connectivity index (χ4v) is 7.39. The van der Waals surface area contributed by atoms with E-state index in [4.69, 9.17) is 0 Å². The van der Waals surface area contributed by atoms with Crippen molar-refractivity contribution in [2.24, 2.45) is 11.8 Å². The minimum atomic E-state index is -3.44. The summed E-state index contributed by atoms with van der Waals surface area (Å²) in [7, 11) is -3.44. The van der Waals surface area contributed by atoms with Crippen LogP contribution in [0.25, 0.3) is 0 Å². The van der Waals surface area contributed by atoms with E-state index in [9.17, 15) is 13.2 Å². The van der Waals surface area contributed by atoms with Gasteiger partial charge in [-0.15, -0.1) is 11.3 Å². The van der Waals surface area contributed by atoms with Gasteiger partial charge < -0.3 is 5.32 Å². The van der Waals surface area contributed by atoms with Gasteiger partial charge in [0.1, 0.15) is 4.21 Å². The lowest BCUT2D eigenvalue weighted by molar-refractivity contribution is -0.127. The lowest BCUT2D eigenvalue weighted by Crippen LogP contribution is -2.47. The highest BCUT2D eigenvalue weighted by Gasteiger charge is 2.34. The molecular weight excluding hydrogens is 424 g/mol. The molecule has 25 heavy (non-hydrogen) atoms. The number of piperidine rings is 1. The standard InChI is InChI=1S/C17H25BrN2O3S2/c1-12-4-2-3-5-14(12)19-17(21)13-8-10-20(11-9-13)25(22,23)16-7-6-15(18)24-16/h6-7,12-14H,2-5,8-11H2,1H3,(H,19,21)/t12-,14-/m1/s1. The van der Waals surface area contributed by atoms with E-state index < -0.39 is 10.0 Å². The van der Waals surface area contributed by atoms with Crippen LogP contribution in [0.5, 0.6) is 0 Å². The molecule has 140 valence electrons. The number of hydrogen-bond donors (Lipinski definition) is 1. The molecule has 0 radical (unpaired) electrons. The van der Waals surface area contributed by atoms with E-state index in [2.05, 4.69) is 28.2 Å². The Bertz CT molecular complexity index is 711. The van der Waals surface area contributed by atoms with Crippen molar-refractivity contribution in [1.82, 2.24) is 9.62 Å². The zero-order chi connectivity index (χ0) is 18.0. The summed E-state index contributed by atoms with van der Waals surface area (Å²) in [6.07, 6.45) is 5.87. The van der Waals surface area contributed by atoms with E-state index in [0.29, 0.717) is 36.1 Å². The van der Waals surface area contributed by atoms with Gasteiger partial charge in [0.15, 0.2) is 0 Å². The Kier molecular flexibility index (Phi) is 6.23. The minimum Gasteiger partial charge on any atom is -0.353 e. The molecule has 0 unspecified atom stereocenters. The first-order chi connectivity index (χ1) is 11.9. The molecule has 1 aliphatic heterocycles. The number of nitrogens with zero attached hydrogens (tertiary/aromatic N) is 1. The summed E-state index contributed by atoms with van der Waals surface area (Å²) in [4.78, 5) is 12.6. The highest BCUT2D eigenvalue weighted by molar-refractivity contribution is 9.11. The van der Waals surface area contributed by atoms with Gasteiger partial charge in [-0.05, 0) is 59.7 Å². The molecule has 2 fully saturated rings. The summed E-state index contributed by atoms with van der Waals surface area (Å²) >= 11 is 4.54. The monoisotopic (exact) mass is 448 g/mol. The Morgan fingerprint density at radius 3 is 2.48 bits per heavy atom. The van der Waals surface area contributed by atoms with E-state index in [0.717, 1.165) is 10.2 Å². The van der Waals surface area contributed by atoms with E-state index in [1.807, 2.05) is 0 Å². The first-order valence-corrected chi connectivity index (χ1v) is 12.0. The molecule has 3 rings (SSSR count). The summed E-state index contributed by atoms with van der Waals surface area (Å²) in [6.45, 7) is 3.03. The number of hydrogen-bond acceptors (Lipinski definition) is 4. The number of halogens is 1. The second-order valence-corrected chi connectivity index (χ2v) is 11.7. The fourth-order valence-electron chi connectivity index (χ4n) is 3.75. The van der Waals surface area contributed by atoms with E-state index in [-0.39, 0.29) is 17.9 Å². The van der Waals surface area contributed by atoms with Gasteiger partial charge >= 0.3 is 0 Å². The number of thiophene rings is 1. The van der Waals surface area contributed by atoms with Crippen molar-refractivity contribution in [3.63, 3.8) is 0 Å². The van der Waals surface area contributed by atoms with Gasteiger partial charge in [-0.2, -0.15) is 4.31 Å². The molecule has 1 amide bonds. The summed E-state index contributed by atoms with van der Waals surface area (Å²) in [5.41, 5.74) is 0. The minimum absolute atomic E-state index is 0.0735. The van der Waals surface area contributed by atoms with Gasteiger partial charge in [-0.1, -0.05) is 19.8 Å². The van der Waals surface area contributed by atoms with Crippen LogP contribution in [0.3, 0.4) is 0 Å². The molecule has 0 bridgehead atoms. The molecule has 0 spiro atoms. The van der Waals surface area contributed by atoms with Crippen LogP contribution < -0.4 is 5.32 Å². The Morgan fingerprint density at radius 2 is 1.88 bits per heavy atom. The second kappa shape index (κ2) is 8.06. The largest absolute Gasteiger partial charge is 0.353 e. The van der Waals surface area contributed by atoms with Crippen LogP contribution in [-0.2, 0) is 14.8 Å². The van der Waals surface area contributed by atoms with Crippen LogP contribution >= 0.6 is 27.3 Å². The molecule has 2 aliphatic rings. The number of nitrogens with one attached hydrogen (secondary N) is 1. The van der Waals surface area contributed by atoms with Crippen molar-refractivity contribution < 1.29 is 13.2 Å². The zero-order valence-electron chi connectivity index (χ0n) is 14.4. The average Bonchev–Trinajstić information content (AvgIpc) is 3.04. The van der Waals surface area contributed by atoms with Crippen LogP contribution in [0.15, 0.2) is 20.1 Å². The number of sulfonamides is 1. The molecule has 1 aliphatic carbocycles. The van der Waals surface area contributed by atoms with E-state index in [1.54, 1.807) is 12.1 Å². The van der Waals surface area contributed by atoms with Crippen LogP contribution in [0.1, 0.15) is 45.4 Å². The molecule has 1 N–H and O–H groups in total. The van der Waals surface area contributed by atoms with Crippen LogP contribution in [0.4, 0.5) is 0 Å². The third kappa shape index (κ3) is 4.46. The van der Waals surface area contributed by atoms with E-state index in [1.165, 1.54) is 34.9 Å². The molecular formula is C17H25BrN2O3S2. The number of carbonyl (C=O) groups is 1. The van der Waals surface area contributed by atoms with Crippen molar-refractivity contribution in [3.05, 3.63) is 15.9 Å². The average molecular weight is 449 g/mol. The third-order valence-electron chi connectivity index (χ3n) is 5.41. The van der Waals surface area contributed by atoms with Gasteiger partial charge in [0.25, 0.3) is 10.0 Å². The Labute approximate surface area is 162 Å². The normalized spacial score (nSPS) is 26.5. The van der Waals surface area contributed by atoms with Crippen molar-refractivity contribution >= 4 is 43.2 Å². The first-order valence-electron chi connectivity index (χ1n) is 8.94. The molecule has 1 aromatic heterocycles. The van der Waals surface area contributed by atoms with Crippen molar-refractivity contribution in [2.45, 2.75) is 55.7 Å². The SMILES string of the molecule is C[C@@H]1CCCC[C@H]1NC(=O)C1CCN(S(=O)(=O)c2ccc(Br)s2)CC1. The smallest absolute Gasteiger partial charge is 0.252 e. The molecule has 1 aromatic rings. The van der Waals surface area contributed by atoms with Gasteiger partial charge in [0.2, 0.25) is 5.91 Å². The summed E-state index contributed by atoms with van der Waals surface area (Å²) < 4.78 is 28.0. The number of carbonyl (C=O) groups excluding carboxylic acids is 1. The number of amides is 1. The van der Waals surface area contributed by atoms with Gasteiger partial charge in [-0.25, -0.2) is 8.42 Å². The highest BCUT2D eigenvalue weighted by Crippen LogP contribution is 2.31. The molecule has 5 nitrogen and oxygen atoms in total. The predicted octanol–water partition coefficient (Wildman–Crippen LogP) is 3.61. The number of rotatable bonds is 4. The van der Waals surface area contributed by atoms with Gasteiger partial charge in [0, 0.05) is 25.0 Å². The van der Waals surface area contributed by atoms with Crippen LogP contribution in [-0.4, -0.2) is 37.8 Å². The maximum Gasteiger partial charge on any atom is 0.252 e. The molecule has 0 aromatic carbocycles. The summed E-state index contributed by atoms with van der Waals surface area (Å²) in [6, 6.07) is 3.67. The zero-order valence-corrected chi connectivity index (χ0v) is 17.6. The quantitative estimate of drug-likeness (QED) is 0.764. The van der Waals surface area contributed by atoms with Gasteiger partial charge in [0.05, 0.1) is 3.79 Å². The summed E-state index contributed by atoms with van der Waals surface area (Å²) in [5.74, 6) is 0.570. The lowest BCUT2D eigenvalue weighted by Gasteiger charge is -2.33. The maximum atomic E-state index is 12.7. The fraction of sp³-hybridized carbons (Fsp3) is 0.706. The van der Waals surface area contributed by atoms with Crippen molar-refractivity contribution in [1.29, 1.82) is 0 Å². The molecule has 1 saturated carbocycles. The third-order valence-corrected chi connectivity index (χ3v) is 9.40. The molecule has 1 saturated heterocycles. The van der Waals surface area contributed by atoms with Crippen LogP contribution in [0.2, 0.25) is 0 Å². The van der Waals surface area contributed by atoms with E-state index >= 15 is 0 Å². The van der Waals surface area contributed by atoms with Crippen molar-refractivity contribution in [2.75, 3.05) is 13.1 Å². The van der Waals surface area contributed by atoms with Crippen LogP contribution in [0, 0.1) is 11.8 Å². The Balaban J connectivity index is 1.55.